The van der Waals surface area contributed by atoms with Crippen LogP contribution in [0.4, 0.5) is 11.4 Å². The van der Waals surface area contributed by atoms with E-state index in [4.69, 9.17) is 42.1 Å². The molecule has 2 rings (SSSR count). The number of carbonyl (C=O) groups is 2. The molecule has 1 unspecified atom stereocenters. The molecule has 35 heavy (non-hydrogen) atoms. The first kappa shape index (κ1) is 28.2. The molecule has 2 aromatic rings. The second kappa shape index (κ2) is 13.7. The number of hydrogen-bond acceptors (Lipinski definition) is 8. The zero-order valence-corrected chi connectivity index (χ0v) is 21.8. The number of amides is 1. The van der Waals surface area contributed by atoms with E-state index in [1.54, 1.807) is 32.0 Å². The van der Waals surface area contributed by atoms with E-state index in [9.17, 15) is 9.59 Å². The monoisotopic (exact) mass is 525 g/mol. The predicted molar refractivity (Wildman–Crippen MR) is 135 cm³/mol. The van der Waals surface area contributed by atoms with E-state index in [1.807, 2.05) is 13.8 Å². The van der Waals surface area contributed by atoms with E-state index in [2.05, 4.69) is 15.5 Å². The molecule has 1 N–H and O–H groups in total. The highest BCUT2D eigenvalue weighted by molar-refractivity contribution is 6.35. The summed E-state index contributed by atoms with van der Waals surface area (Å²) < 4.78 is 22.1. The van der Waals surface area contributed by atoms with Crippen LogP contribution < -0.4 is 24.3 Å². The lowest BCUT2D eigenvalue weighted by molar-refractivity contribution is -0.126. The van der Waals surface area contributed by atoms with Crippen LogP contribution in [-0.2, 0) is 9.59 Å². The first-order valence-corrected chi connectivity index (χ1v) is 11.9. The average Bonchev–Trinajstić information content (AvgIpc) is 2.79. The Balaban J connectivity index is 2.38. The number of benzene rings is 2. The van der Waals surface area contributed by atoms with E-state index < -0.39 is 17.7 Å². The van der Waals surface area contributed by atoms with Crippen LogP contribution >= 0.6 is 23.2 Å². The van der Waals surface area contributed by atoms with Crippen molar-refractivity contribution in [2.24, 2.45) is 10.2 Å². The average molecular weight is 526 g/mol. The van der Waals surface area contributed by atoms with Crippen LogP contribution in [0.5, 0.6) is 23.0 Å². The van der Waals surface area contributed by atoms with E-state index in [-0.39, 0.29) is 21.4 Å². The Morgan fingerprint density at radius 3 is 1.97 bits per heavy atom. The maximum absolute atomic E-state index is 13.0. The van der Waals surface area contributed by atoms with Crippen LogP contribution in [0.3, 0.4) is 0 Å². The van der Waals surface area contributed by atoms with Gasteiger partial charge in [0.1, 0.15) is 28.0 Å². The van der Waals surface area contributed by atoms with Gasteiger partial charge in [-0.15, -0.1) is 5.11 Å². The Hall–Kier alpha value is -3.04. The van der Waals surface area contributed by atoms with Gasteiger partial charge in [-0.25, -0.2) is 0 Å². The number of carbonyl (C=O) groups excluding carboxylic acids is 2. The fourth-order valence-corrected chi connectivity index (χ4v) is 3.42. The highest BCUT2D eigenvalue weighted by Crippen LogP contribution is 2.40. The summed E-state index contributed by atoms with van der Waals surface area (Å²) in [5.41, 5.74) is 0.382. The first-order valence-electron chi connectivity index (χ1n) is 11.2. The number of nitrogens with one attached hydrogen (secondary N) is 1. The SMILES string of the molecule is CCOc1cc(NC(=O)C(N=Nc2c(Cl)cc(OCC)cc2OCC)C(C)=O)c(Cl)c(OCC)c1. The summed E-state index contributed by atoms with van der Waals surface area (Å²) in [7, 11) is 0. The molecule has 0 saturated carbocycles. The van der Waals surface area contributed by atoms with Crippen LogP contribution in [0.15, 0.2) is 34.5 Å². The molecule has 0 saturated heterocycles. The van der Waals surface area contributed by atoms with Gasteiger partial charge in [0.05, 0.1) is 37.1 Å². The van der Waals surface area contributed by atoms with Crippen LogP contribution in [0.1, 0.15) is 34.6 Å². The number of halogens is 2. The second-order valence-electron chi connectivity index (χ2n) is 6.98. The van der Waals surface area contributed by atoms with Crippen LogP contribution in [-0.4, -0.2) is 44.2 Å². The van der Waals surface area contributed by atoms with Crippen LogP contribution in [0.25, 0.3) is 0 Å². The summed E-state index contributed by atoms with van der Waals surface area (Å²) in [4.78, 5) is 25.3. The van der Waals surface area contributed by atoms with Gasteiger partial charge < -0.3 is 24.3 Å². The van der Waals surface area contributed by atoms with Crippen LogP contribution in [0, 0.1) is 0 Å². The quantitative estimate of drug-likeness (QED) is 0.244. The molecule has 11 heteroatoms. The Morgan fingerprint density at radius 1 is 0.857 bits per heavy atom. The van der Waals surface area contributed by atoms with E-state index >= 15 is 0 Å². The summed E-state index contributed by atoms with van der Waals surface area (Å²) in [6.07, 6.45) is 0. The molecule has 0 aromatic heterocycles. The third kappa shape index (κ3) is 7.73. The minimum absolute atomic E-state index is 0.163. The van der Waals surface area contributed by atoms with Gasteiger partial charge in [-0.2, -0.15) is 5.11 Å². The fourth-order valence-electron chi connectivity index (χ4n) is 2.97. The maximum atomic E-state index is 13.0. The largest absolute Gasteiger partial charge is 0.494 e. The van der Waals surface area contributed by atoms with Crippen molar-refractivity contribution < 1.29 is 28.5 Å². The third-order valence-electron chi connectivity index (χ3n) is 4.40. The molecule has 9 nitrogen and oxygen atoms in total. The van der Waals surface area contributed by atoms with Gasteiger partial charge in [-0.05, 0) is 34.6 Å². The number of hydrogen-bond donors (Lipinski definition) is 1. The molecule has 0 radical (unpaired) electrons. The summed E-state index contributed by atoms with van der Waals surface area (Å²) in [5, 5.41) is 11.0. The fraction of sp³-hybridized carbons (Fsp3) is 0.417. The van der Waals surface area contributed by atoms with Crippen molar-refractivity contribution in [3.8, 4) is 23.0 Å². The number of azo groups is 1. The minimum atomic E-state index is -1.46. The van der Waals surface area contributed by atoms with Gasteiger partial charge in [0.2, 0.25) is 6.04 Å². The molecule has 0 fully saturated rings. The lowest BCUT2D eigenvalue weighted by Gasteiger charge is -2.16. The molecule has 190 valence electrons. The van der Waals surface area contributed by atoms with Gasteiger partial charge in [-0.3, -0.25) is 9.59 Å². The Labute approximate surface area is 214 Å². The van der Waals surface area contributed by atoms with Gasteiger partial charge >= 0.3 is 0 Å². The van der Waals surface area contributed by atoms with E-state index in [0.717, 1.165) is 0 Å². The summed E-state index contributed by atoms with van der Waals surface area (Å²) in [5.74, 6) is 0.309. The van der Waals surface area contributed by atoms with Crippen molar-refractivity contribution in [2.45, 2.75) is 40.7 Å². The molecule has 0 spiro atoms. The van der Waals surface area contributed by atoms with Gasteiger partial charge in [0, 0.05) is 24.3 Å². The molecular weight excluding hydrogens is 497 g/mol. The van der Waals surface area contributed by atoms with Crippen molar-refractivity contribution in [1.82, 2.24) is 0 Å². The van der Waals surface area contributed by atoms with Crippen molar-refractivity contribution in [3.63, 3.8) is 0 Å². The Morgan fingerprint density at radius 2 is 1.40 bits per heavy atom. The molecule has 0 bridgehead atoms. The highest BCUT2D eigenvalue weighted by Gasteiger charge is 2.25. The van der Waals surface area contributed by atoms with Gasteiger partial charge in [0.15, 0.2) is 11.5 Å². The molecule has 1 amide bonds. The molecule has 0 aliphatic heterocycles. The molecule has 0 heterocycles. The number of ether oxygens (including phenoxy) is 4. The van der Waals surface area contributed by atoms with Gasteiger partial charge in [-0.1, -0.05) is 23.2 Å². The molecule has 1 atom stereocenters. The molecule has 0 aliphatic carbocycles. The molecule has 2 aromatic carbocycles. The summed E-state index contributed by atoms with van der Waals surface area (Å²) >= 11 is 12.7. The van der Waals surface area contributed by atoms with Crippen LogP contribution in [0.2, 0.25) is 10.0 Å². The van der Waals surface area contributed by atoms with E-state index in [0.29, 0.717) is 49.4 Å². The number of nitrogens with zero attached hydrogens (tertiary/aromatic N) is 2. The third-order valence-corrected chi connectivity index (χ3v) is 5.08. The normalized spacial score (nSPS) is 11.7. The van der Waals surface area contributed by atoms with Crippen molar-refractivity contribution in [2.75, 3.05) is 31.7 Å². The molecular formula is C24H29Cl2N3O6. The minimum Gasteiger partial charge on any atom is -0.494 e. The summed E-state index contributed by atoms with van der Waals surface area (Å²) in [6, 6.07) is 4.87. The van der Waals surface area contributed by atoms with Crippen molar-refractivity contribution in [3.05, 3.63) is 34.3 Å². The standard InChI is InChI=1S/C24H29Cl2N3O6/c1-6-32-15-10-17(25)23(20(13-15)35-9-4)29-28-22(14(5)30)24(31)27-18-11-16(33-7-2)12-19(21(18)26)34-8-3/h10-13,22H,6-9H2,1-5H3,(H,27,31). The Kier molecular flexibility index (Phi) is 11.1. The first-order chi connectivity index (χ1) is 16.7. The molecule has 0 aliphatic rings. The number of Topliss-reactive ketones (excluding diaryl/α,β-unsaturated/α-hetero) is 1. The van der Waals surface area contributed by atoms with Crippen molar-refractivity contribution in [1.29, 1.82) is 0 Å². The number of rotatable bonds is 13. The van der Waals surface area contributed by atoms with E-state index in [1.165, 1.54) is 13.0 Å². The maximum Gasteiger partial charge on any atom is 0.258 e. The Bertz CT molecular complexity index is 1080. The topological polar surface area (TPSA) is 108 Å². The summed E-state index contributed by atoms with van der Waals surface area (Å²) in [6.45, 7) is 10.0. The smallest absolute Gasteiger partial charge is 0.258 e. The zero-order valence-electron chi connectivity index (χ0n) is 20.3. The second-order valence-corrected chi connectivity index (χ2v) is 7.77. The number of anilines is 1. The number of ketones is 1. The van der Waals surface area contributed by atoms with Gasteiger partial charge in [0.25, 0.3) is 5.91 Å². The zero-order chi connectivity index (χ0) is 26.0. The highest BCUT2D eigenvalue weighted by atomic mass is 35.5. The lowest BCUT2D eigenvalue weighted by atomic mass is 10.2. The van der Waals surface area contributed by atoms with Crippen molar-refractivity contribution >= 4 is 46.3 Å². The predicted octanol–water partition coefficient (Wildman–Crippen LogP) is 6.27. The lowest BCUT2D eigenvalue weighted by Crippen LogP contribution is -2.32.